The van der Waals surface area contributed by atoms with Crippen LogP contribution < -0.4 is 0 Å². The second-order valence-electron chi connectivity index (χ2n) is 6.49. The highest BCUT2D eigenvalue weighted by Crippen LogP contribution is 2.23. The van der Waals surface area contributed by atoms with Gasteiger partial charge in [-0.05, 0) is 19.8 Å². The monoisotopic (exact) mass is 342 g/mol. The molecule has 0 aliphatic carbocycles. The Kier molecular flexibility index (Phi) is 7.34. The van der Waals surface area contributed by atoms with Crippen LogP contribution in [-0.2, 0) is 13.1 Å². The van der Waals surface area contributed by atoms with E-state index in [-0.39, 0.29) is 6.61 Å². The summed E-state index contributed by atoms with van der Waals surface area (Å²) in [6.07, 6.45) is 3.26. The second kappa shape index (κ2) is 9.02. The third-order valence-corrected chi connectivity index (χ3v) is 5.32. The molecule has 0 radical (unpaired) electrons. The van der Waals surface area contributed by atoms with Crippen molar-refractivity contribution in [1.82, 2.24) is 19.6 Å². The summed E-state index contributed by atoms with van der Waals surface area (Å²) in [7, 11) is 0. The van der Waals surface area contributed by atoms with Gasteiger partial charge in [-0.3, -0.25) is 14.5 Å². The van der Waals surface area contributed by atoms with Crippen LogP contribution in [0.4, 0.5) is 0 Å². The highest BCUT2D eigenvalue weighted by molar-refractivity contribution is 6.30. The molecular formula is C17H31ClN4O. The van der Waals surface area contributed by atoms with Gasteiger partial charge in [-0.15, -0.1) is 0 Å². The first-order chi connectivity index (χ1) is 11.1. The maximum atomic E-state index is 9.44. The van der Waals surface area contributed by atoms with E-state index in [2.05, 4.69) is 35.7 Å². The van der Waals surface area contributed by atoms with Crippen LogP contribution in [0.15, 0.2) is 0 Å². The summed E-state index contributed by atoms with van der Waals surface area (Å²) in [5.74, 6) is 0. The van der Waals surface area contributed by atoms with E-state index < -0.39 is 0 Å². The van der Waals surface area contributed by atoms with E-state index >= 15 is 0 Å². The Morgan fingerprint density at radius 3 is 2.48 bits per heavy atom. The molecule has 0 bridgehead atoms. The molecule has 0 aromatic carbocycles. The van der Waals surface area contributed by atoms with Gasteiger partial charge in [-0.2, -0.15) is 5.10 Å². The van der Waals surface area contributed by atoms with E-state index in [1.54, 1.807) is 0 Å². The molecule has 1 aromatic heterocycles. The van der Waals surface area contributed by atoms with Gasteiger partial charge >= 0.3 is 0 Å². The van der Waals surface area contributed by atoms with Crippen LogP contribution in [0, 0.1) is 6.92 Å². The minimum Gasteiger partial charge on any atom is -0.395 e. The van der Waals surface area contributed by atoms with Crippen LogP contribution in [0.3, 0.4) is 0 Å². The number of aromatic nitrogens is 2. The van der Waals surface area contributed by atoms with Crippen LogP contribution in [0.5, 0.6) is 0 Å². The normalized spacial score (nSPS) is 18.5. The largest absolute Gasteiger partial charge is 0.395 e. The summed E-state index contributed by atoms with van der Waals surface area (Å²) in [6, 6.07) is 0.305. The fraction of sp³-hybridized carbons (Fsp3) is 0.824. The zero-order valence-electron chi connectivity index (χ0n) is 14.8. The number of aryl methyl sites for hydroxylation is 2. The van der Waals surface area contributed by atoms with Crippen molar-refractivity contribution in [2.45, 2.75) is 59.2 Å². The quantitative estimate of drug-likeness (QED) is 0.788. The van der Waals surface area contributed by atoms with Crippen molar-refractivity contribution >= 4 is 11.6 Å². The van der Waals surface area contributed by atoms with Crippen LogP contribution in [-0.4, -0.2) is 63.5 Å². The van der Waals surface area contributed by atoms with Crippen molar-refractivity contribution in [3.8, 4) is 0 Å². The molecule has 0 spiro atoms. The molecule has 1 unspecified atom stereocenters. The van der Waals surface area contributed by atoms with Crippen molar-refractivity contribution in [1.29, 1.82) is 0 Å². The zero-order chi connectivity index (χ0) is 16.8. The number of piperazine rings is 1. The fourth-order valence-electron chi connectivity index (χ4n) is 3.24. The number of nitrogens with zero attached hydrogens (tertiary/aromatic N) is 4. The Hall–Kier alpha value is -0.620. The lowest BCUT2D eigenvalue weighted by molar-refractivity contribution is 0.0607. The van der Waals surface area contributed by atoms with E-state index in [1.165, 1.54) is 5.56 Å². The molecule has 2 rings (SSSR count). The summed E-state index contributed by atoms with van der Waals surface area (Å²) >= 11 is 6.54. The number of aliphatic hydroxyl groups is 1. The van der Waals surface area contributed by atoms with Crippen molar-refractivity contribution in [2.75, 3.05) is 32.8 Å². The molecule has 1 fully saturated rings. The fourth-order valence-corrected chi connectivity index (χ4v) is 3.56. The van der Waals surface area contributed by atoms with Crippen molar-refractivity contribution in [3.05, 3.63) is 16.4 Å². The average molecular weight is 343 g/mol. The lowest BCUT2D eigenvalue weighted by Crippen LogP contribution is -2.50. The van der Waals surface area contributed by atoms with Gasteiger partial charge in [0.15, 0.2) is 0 Å². The molecule has 23 heavy (non-hydrogen) atoms. The Morgan fingerprint density at radius 1 is 1.22 bits per heavy atom. The molecular weight excluding hydrogens is 312 g/mol. The summed E-state index contributed by atoms with van der Waals surface area (Å²) in [4.78, 5) is 4.84. The van der Waals surface area contributed by atoms with Gasteiger partial charge in [0.1, 0.15) is 5.15 Å². The van der Waals surface area contributed by atoms with Gasteiger partial charge < -0.3 is 5.11 Å². The molecule has 6 heteroatoms. The minimum atomic E-state index is 0.256. The van der Waals surface area contributed by atoms with E-state index in [9.17, 15) is 5.11 Å². The molecule has 1 aliphatic heterocycles. The standard InChI is InChI=1S/C17H31ClN4O/c1-4-6-7-22-17(18)16(14(3)19-22)12-20-8-10-21(11-9-20)15(5-2)13-23/h15,23H,4-13H2,1-3H3. The third-order valence-electron chi connectivity index (χ3n) is 4.89. The average Bonchev–Trinajstić information content (AvgIpc) is 2.83. The van der Waals surface area contributed by atoms with Crippen LogP contribution >= 0.6 is 11.6 Å². The highest BCUT2D eigenvalue weighted by atomic mass is 35.5. The van der Waals surface area contributed by atoms with E-state index in [0.29, 0.717) is 6.04 Å². The SMILES string of the molecule is CCCCn1nc(C)c(CN2CCN(C(CC)CO)CC2)c1Cl. The Bertz CT molecular complexity index is 479. The van der Waals surface area contributed by atoms with Gasteiger partial charge in [-0.1, -0.05) is 31.9 Å². The first-order valence-corrected chi connectivity index (χ1v) is 9.27. The summed E-state index contributed by atoms with van der Waals surface area (Å²) in [6.45, 7) is 12.5. The Labute approximate surface area is 145 Å². The predicted octanol–water partition coefficient (Wildman–Crippen LogP) is 2.53. The zero-order valence-corrected chi connectivity index (χ0v) is 15.5. The maximum absolute atomic E-state index is 9.44. The molecule has 1 aromatic rings. The number of hydrogen-bond donors (Lipinski definition) is 1. The first-order valence-electron chi connectivity index (χ1n) is 8.89. The van der Waals surface area contributed by atoms with Gasteiger partial charge in [0, 0.05) is 50.9 Å². The summed E-state index contributed by atoms with van der Waals surface area (Å²) in [5, 5.41) is 14.8. The predicted molar refractivity (Wildman–Crippen MR) is 94.9 cm³/mol. The second-order valence-corrected chi connectivity index (χ2v) is 6.85. The van der Waals surface area contributed by atoms with E-state index in [0.717, 1.165) is 69.4 Å². The van der Waals surface area contributed by atoms with Crippen LogP contribution in [0.2, 0.25) is 5.15 Å². The lowest BCUT2D eigenvalue weighted by atomic mass is 10.1. The lowest BCUT2D eigenvalue weighted by Gasteiger charge is -2.38. The van der Waals surface area contributed by atoms with Gasteiger partial charge in [0.05, 0.1) is 12.3 Å². The summed E-state index contributed by atoms with van der Waals surface area (Å²) < 4.78 is 1.95. The number of halogens is 1. The molecule has 2 heterocycles. The topological polar surface area (TPSA) is 44.5 Å². The third kappa shape index (κ3) is 4.69. The van der Waals surface area contributed by atoms with Gasteiger partial charge in [0.25, 0.3) is 0 Å². The Balaban J connectivity index is 1.92. The molecule has 0 amide bonds. The molecule has 1 aliphatic rings. The minimum absolute atomic E-state index is 0.256. The molecule has 1 atom stereocenters. The smallest absolute Gasteiger partial charge is 0.131 e. The first kappa shape index (κ1) is 18.7. The Morgan fingerprint density at radius 2 is 1.91 bits per heavy atom. The van der Waals surface area contributed by atoms with Gasteiger partial charge in [0.2, 0.25) is 0 Å². The molecule has 132 valence electrons. The van der Waals surface area contributed by atoms with E-state index in [4.69, 9.17) is 11.6 Å². The van der Waals surface area contributed by atoms with Crippen molar-refractivity contribution in [3.63, 3.8) is 0 Å². The van der Waals surface area contributed by atoms with Crippen LogP contribution in [0.25, 0.3) is 0 Å². The van der Waals surface area contributed by atoms with E-state index in [1.807, 2.05) is 4.68 Å². The highest BCUT2D eigenvalue weighted by Gasteiger charge is 2.24. The van der Waals surface area contributed by atoms with Crippen molar-refractivity contribution in [2.24, 2.45) is 0 Å². The number of rotatable bonds is 8. The number of aliphatic hydroxyl groups excluding tert-OH is 1. The molecule has 0 saturated carbocycles. The van der Waals surface area contributed by atoms with Crippen molar-refractivity contribution < 1.29 is 5.11 Å². The summed E-state index contributed by atoms with van der Waals surface area (Å²) in [5.41, 5.74) is 2.22. The molecule has 5 nitrogen and oxygen atoms in total. The number of unbranched alkanes of at least 4 members (excludes halogenated alkanes) is 1. The van der Waals surface area contributed by atoms with Crippen LogP contribution in [0.1, 0.15) is 44.4 Å². The molecule has 1 N–H and O–H groups in total. The maximum Gasteiger partial charge on any atom is 0.131 e. The number of hydrogen-bond acceptors (Lipinski definition) is 4. The van der Waals surface area contributed by atoms with Gasteiger partial charge in [-0.25, -0.2) is 0 Å². The molecule has 1 saturated heterocycles.